The molecule has 3 nitrogen and oxygen atoms in total. The average molecular weight is 438 g/mol. The first-order chi connectivity index (χ1) is 14.1. The van der Waals surface area contributed by atoms with Gasteiger partial charge >= 0.3 is 0 Å². The number of nitrogens with zero attached hydrogens (tertiary/aromatic N) is 1. The van der Waals surface area contributed by atoms with Gasteiger partial charge < -0.3 is 4.74 Å². The Balaban J connectivity index is 1.44. The Morgan fingerprint density at radius 3 is 2.34 bits per heavy atom. The first-order valence-electron chi connectivity index (χ1n) is 8.90. The second-order valence-corrected chi connectivity index (χ2v) is 8.45. The molecule has 1 amide bonds. The van der Waals surface area contributed by atoms with Gasteiger partial charge in [-0.1, -0.05) is 78.0 Å². The lowest BCUT2D eigenvalue weighted by Crippen LogP contribution is -2.27. The Morgan fingerprint density at radius 2 is 1.66 bits per heavy atom. The summed E-state index contributed by atoms with van der Waals surface area (Å²) in [4.78, 5) is 15.0. The fourth-order valence-corrected chi connectivity index (χ4v) is 4.25. The molecule has 0 atom stereocenters. The van der Waals surface area contributed by atoms with E-state index >= 15 is 0 Å². The predicted octanol–water partition coefficient (Wildman–Crippen LogP) is 6.32. The van der Waals surface area contributed by atoms with Gasteiger partial charge in [0.05, 0.1) is 10.6 Å². The first kappa shape index (κ1) is 19.7. The highest BCUT2D eigenvalue weighted by molar-refractivity contribution is 8.27. The molecule has 0 aliphatic carbocycles. The highest BCUT2D eigenvalue weighted by atomic mass is 35.5. The van der Waals surface area contributed by atoms with Gasteiger partial charge in [-0.15, -0.1) is 0 Å². The van der Waals surface area contributed by atoms with Gasteiger partial charge in [0.15, 0.2) is 4.32 Å². The molecule has 144 valence electrons. The van der Waals surface area contributed by atoms with Crippen molar-refractivity contribution < 1.29 is 9.53 Å². The van der Waals surface area contributed by atoms with Gasteiger partial charge in [0.2, 0.25) is 0 Å². The highest BCUT2D eigenvalue weighted by Crippen LogP contribution is 2.36. The SMILES string of the molecule is O=C1/C(=C\c2ccc(OCc3ccc(Cl)cc3)cc2)SC(=S)N1c1ccccc1. The molecule has 1 aliphatic rings. The molecule has 1 saturated heterocycles. The van der Waals surface area contributed by atoms with E-state index in [1.165, 1.54) is 11.8 Å². The Labute approximate surface area is 183 Å². The van der Waals surface area contributed by atoms with Crippen LogP contribution in [0.15, 0.2) is 83.8 Å². The average Bonchev–Trinajstić information content (AvgIpc) is 3.02. The molecular weight excluding hydrogens is 422 g/mol. The van der Waals surface area contributed by atoms with Crippen molar-refractivity contribution in [2.75, 3.05) is 4.90 Å². The molecule has 0 radical (unpaired) electrons. The maximum Gasteiger partial charge on any atom is 0.270 e. The molecular formula is C23H16ClNO2S2. The maximum atomic E-state index is 12.8. The number of benzene rings is 3. The second kappa shape index (κ2) is 8.82. The van der Waals surface area contributed by atoms with Crippen molar-refractivity contribution in [3.05, 3.63) is 99.9 Å². The van der Waals surface area contributed by atoms with Crippen LogP contribution < -0.4 is 9.64 Å². The number of halogens is 1. The summed E-state index contributed by atoms with van der Waals surface area (Å²) in [6.45, 7) is 0.465. The molecule has 0 unspecified atom stereocenters. The molecule has 29 heavy (non-hydrogen) atoms. The van der Waals surface area contributed by atoms with Gasteiger partial charge in [-0.05, 0) is 53.6 Å². The molecule has 3 aromatic rings. The highest BCUT2D eigenvalue weighted by Gasteiger charge is 2.33. The number of thioether (sulfide) groups is 1. The topological polar surface area (TPSA) is 29.5 Å². The number of para-hydroxylation sites is 1. The van der Waals surface area contributed by atoms with Crippen molar-refractivity contribution in [2.45, 2.75) is 6.61 Å². The zero-order valence-corrected chi connectivity index (χ0v) is 17.6. The summed E-state index contributed by atoms with van der Waals surface area (Å²) in [5, 5.41) is 0.704. The molecule has 0 N–H and O–H groups in total. The summed E-state index contributed by atoms with van der Waals surface area (Å²) in [6, 6.07) is 24.6. The van der Waals surface area contributed by atoms with E-state index in [0.29, 0.717) is 20.9 Å². The number of hydrogen-bond donors (Lipinski definition) is 0. The van der Waals surface area contributed by atoms with E-state index in [-0.39, 0.29) is 5.91 Å². The molecule has 0 saturated carbocycles. The lowest BCUT2D eigenvalue weighted by molar-refractivity contribution is -0.113. The number of hydrogen-bond acceptors (Lipinski definition) is 4. The van der Waals surface area contributed by atoms with Gasteiger partial charge in [-0.25, -0.2) is 0 Å². The quantitative estimate of drug-likeness (QED) is 0.345. The number of carbonyl (C=O) groups excluding carboxylic acids is 1. The fraction of sp³-hybridized carbons (Fsp3) is 0.0435. The summed E-state index contributed by atoms with van der Waals surface area (Å²) in [6.07, 6.45) is 1.85. The van der Waals surface area contributed by atoms with Crippen molar-refractivity contribution in [1.29, 1.82) is 0 Å². The van der Waals surface area contributed by atoms with Crippen molar-refractivity contribution >= 4 is 57.6 Å². The minimum Gasteiger partial charge on any atom is -0.489 e. The lowest BCUT2D eigenvalue weighted by atomic mass is 10.2. The molecule has 4 rings (SSSR count). The zero-order chi connectivity index (χ0) is 20.2. The van der Waals surface area contributed by atoms with Crippen LogP contribution in [0.25, 0.3) is 6.08 Å². The first-order valence-corrected chi connectivity index (χ1v) is 10.5. The Bertz CT molecular complexity index is 1060. The van der Waals surface area contributed by atoms with Gasteiger partial charge in [-0.3, -0.25) is 9.69 Å². The van der Waals surface area contributed by atoms with E-state index in [9.17, 15) is 4.79 Å². The third-order valence-corrected chi connectivity index (χ3v) is 5.86. The van der Waals surface area contributed by atoms with Crippen LogP contribution in [0.5, 0.6) is 5.75 Å². The minimum atomic E-state index is -0.103. The van der Waals surface area contributed by atoms with Crippen LogP contribution in [-0.4, -0.2) is 10.2 Å². The van der Waals surface area contributed by atoms with E-state index in [4.69, 9.17) is 28.6 Å². The van der Waals surface area contributed by atoms with Gasteiger partial charge in [0.25, 0.3) is 5.91 Å². The third kappa shape index (κ3) is 4.70. The maximum absolute atomic E-state index is 12.8. The van der Waals surface area contributed by atoms with Gasteiger partial charge in [-0.2, -0.15) is 0 Å². The third-order valence-electron chi connectivity index (χ3n) is 4.30. The van der Waals surface area contributed by atoms with Crippen molar-refractivity contribution in [3.8, 4) is 5.75 Å². The zero-order valence-electron chi connectivity index (χ0n) is 15.2. The van der Waals surface area contributed by atoms with Crippen LogP contribution in [0.3, 0.4) is 0 Å². The van der Waals surface area contributed by atoms with E-state index < -0.39 is 0 Å². The Morgan fingerprint density at radius 1 is 0.966 bits per heavy atom. The monoisotopic (exact) mass is 437 g/mol. The summed E-state index contributed by atoms with van der Waals surface area (Å²) in [5.41, 5.74) is 2.74. The molecule has 0 bridgehead atoms. The van der Waals surface area contributed by atoms with Crippen molar-refractivity contribution in [1.82, 2.24) is 0 Å². The normalized spacial score (nSPS) is 15.2. The summed E-state index contributed by atoms with van der Waals surface area (Å²) < 4.78 is 6.34. The van der Waals surface area contributed by atoms with Crippen LogP contribution in [0, 0.1) is 0 Å². The molecule has 0 spiro atoms. The molecule has 1 heterocycles. The Hall–Kier alpha value is -2.60. The van der Waals surface area contributed by atoms with Crippen LogP contribution >= 0.6 is 35.6 Å². The van der Waals surface area contributed by atoms with Crippen LogP contribution in [0.4, 0.5) is 5.69 Å². The number of thiocarbonyl (C=S) groups is 1. The van der Waals surface area contributed by atoms with E-state index in [0.717, 1.165) is 22.6 Å². The summed E-state index contributed by atoms with van der Waals surface area (Å²) in [7, 11) is 0. The molecule has 3 aromatic carbocycles. The predicted molar refractivity (Wildman–Crippen MR) is 124 cm³/mol. The van der Waals surface area contributed by atoms with Gasteiger partial charge in [0, 0.05) is 5.02 Å². The number of anilines is 1. The molecule has 1 fully saturated rings. The molecule has 1 aliphatic heterocycles. The number of amides is 1. The van der Waals surface area contributed by atoms with Crippen LogP contribution in [-0.2, 0) is 11.4 Å². The Kier molecular flexibility index (Phi) is 6.00. The van der Waals surface area contributed by atoms with Gasteiger partial charge in [0.1, 0.15) is 12.4 Å². The van der Waals surface area contributed by atoms with E-state index in [1.807, 2.05) is 84.9 Å². The second-order valence-electron chi connectivity index (χ2n) is 6.34. The largest absolute Gasteiger partial charge is 0.489 e. The summed E-state index contributed by atoms with van der Waals surface area (Å²) >= 11 is 12.6. The van der Waals surface area contributed by atoms with Crippen molar-refractivity contribution in [3.63, 3.8) is 0 Å². The minimum absolute atomic E-state index is 0.103. The van der Waals surface area contributed by atoms with Crippen LogP contribution in [0.1, 0.15) is 11.1 Å². The van der Waals surface area contributed by atoms with E-state index in [1.54, 1.807) is 4.90 Å². The smallest absolute Gasteiger partial charge is 0.270 e. The summed E-state index contributed by atoms with van der Waals surface area (Å²) in [5.74, 6) is 0.656. The standard InChI is InChI=1S/C23H16ClNO2S2/c24-18-10-6-17(7-11-18)15-27-20-12-8-16(9-13-20)14-21-22(26)25(23(28)29-21)19-4-2-1-3-5-19/h1-14H,15H2/b21-14+. The molecule has 6 heteroatoms. The van der Waals surface area contributed by atoms with Crippen molar-refractivity contribution in [2.24, 2.45) is 0 Å². The number of rotatable bonds is 5. The lowest BCUT2D eigenvalue weighted by Gasteiger charge is -2.13. The van der Waals surface area contributed by atoms with Crippen LogP contribution in [0.2, 0.25) is 5.02 Å². The van der Waals surface area contributed by atoms with E-state index in [2.05, 4.69) is 0 Å². The number of ether oxygens (including phenoxy) is 1. The fourth-order valence-electron chi connectivity index (χ4n) is 2.83. The number of carbonyl (C=O) groups is 1. The molecule has 0 aromatic heterocycles.